The molecule has 0 saturated heterocycles. The fourth-order valence-corrected chi connectivity index (χ4v) is 2.89. The van der Waals surface area contributed by atoms with Crippen LogP contribution in [0.5, 0.6) is 5.75 Å². The Balaban J connectivity index is 2.04. The van der Waals surface area contributed by atoms with Crippen LogP contribution in [0, 0.1) is 20.8 Å². The van der Waals surface area contributed by atoms with E-state index in [1.165, 1.54) is 7.11 Å². The number of ether oxygens (including phenoxy) is 1. The maximum absolute atomic E-state index is 12.2. The number of rotatable bonds is 5. The maximum Gasteiger partial charge on any atom is 0.233 e. The number of hydrogen-bond acceptors (Lipinski definition) is 3. The molecule has 0 aliphatic carbocycles. The number of methoxy groups -OCH3 is 1. The van der Waals surface area contributed by atoms with Gasteiger partial charge in [-0.1, -0.05) is 23.7 Å². The van der Waals surface area contributed by atoms with Crippen LogP contribution < -0.4 is 15.4 Å². The van der Waals surface area contributed by atoms with Crippen molar-refractivity contribution in [1.29, 1.82) is 0 Å². The fraction of sp³-hybridized carbons (Fsp3) is 0.263. The largest absolute Gasteiger partial charge is 0.495 e. The summed E-state index contributed by atoms with van der Waals surface area (Å²) >= 11 is 6.17. The van der Waals surface area contributed by atoms with E-state index in [2.05, 4.69) is 10.6 Å². The first kappa shape index (κ1) is 18.8. The van der Waals surface area contributed by atoms with Crippen molar-refractivity contribution in [3.8, 4) is 5.75 Å². The summed E-state index contributed by atoms with van der Waals surface area (Å²) in [5.41, 5.74) is 3.88. The zero-order chi connectivity index (χ0) is 18.6. The molecule has 0 bridgehead atoms. The maximum atomic E-state index is 12.2. The summed E-state index contributed by atoms with van der Waals surface area (Å²) in [6.07, 6.45) is -0.319. The van der Waals surface area contributed by atoms with Gasteiger partial charge in [0.15, 0.2) is 0 Å². The van der Waals surface area contributed by atoms with E-state index in [4.69, 9.17) is 16.3 Å². The first-order valence-corrected chi connectivity index (χ1v) is 8.19. The van der Waals surface area contributed by atoms with Crippen molar-refractivity contribution in [2.75, 3.05) is 17.7 Å². The predicted octanol–water partition coefficient (Wildman–Crippen LogP) is 4.24. The van der Waals surface area contributed by atoms with Crippen molar-refractivity contribution in [3.05, 3.63) is 52.0 Å². The lowest BCUT2D eigenvalue weighted by Crippen LogP contribution is -2.22. The predicted molar refractivity (Wildman–Crippen MR) is 101 cm³/mol. The molecule has 132 valence electrons. The lowest BCUT2D eigenvalue weighted by Gasteiger charge is -2.13. The minimum atomic E-state index is -0.432. The van der Waals surface area contributed by atoms with E-state index in [-0.39, 0.29) is 6.42 Å². The Labute approximate surface area is 152 Å². The molecule has 5 nitrogen and oxygen atoms in total. The molecule has 0 fully saturated rings. The SMILES string of the molecule is COc1ccc(C)cc1NC(=O)CC(=O)Nc1c(C)cc(C)cc1Cl. The minimum Gasteiger partial charge on any atom is -0.495 e. The van der Waals surface area contributed by atoms with Gasteiger partial charge in [-0.15, -0.1) is 0 Å². The number of amides is 2. The number of carbonyl (C=O) groups is 2. The van der Waals surface area contributed by atoms with E-state index in [1.807, 2.05) is 32.9 Å². The highest BCUT2D eigenvalue weighted by atomic mass is 35.5. The summed E-state index contributed by atoms with van der Waals surface area (Å²) < 4.78 is 5.21. The molecule has 0 aliphatic rings. The van der Waals surface area contributed by atoms with Crippen LogP contribution in [-0.4, -0.2) is 18.9 Å². The second-order valence-corrected chi connectivity index (χ2v) is 6.32. The van der Waals surface area contributed by atoms with Gasteiger partial charge in [0.1, 0.15) is 12.2 Å². The van der Waals surface area contributed by atoms with Gasteiger partial charge >= 0.3 is 0 Å². The van der Waals surface area contributed by atoms with Gasteiger partial charge in [-0.3, -0.25) is 9.59 Å². The van der Waals surface area contributed by atoms with Gasteiger partial charge in [0, 0.05) is 0 Å². The van der Waals surface area contributed by atoms with Gasteiger partial charge in [-0.2, -0.15) is 0 Å². The Hall–Kier alpha value is -2.53. The molecule has 0 spiro atoms. The van der Waals surface area contributed by atoms with Crippen LogP contribution in [0.3, 0.4) is 0 Å². The standard InChI is InChI=1S/C19H21ClN2O3/c1-11-5-6-16(25-4)15(9-11)21-17(23)10-18(24)22-19-13(3)7-12(2)8-14(19)20/h5-9H,10H2,1-4H3,(H,21,23)(H,22,24). The average molecular weight is 361 g/mol. The highest BCUT2D eigenvalue weighted by Crippen LogP contribution is 2.28. The zero-order valence-electron chi connectivity index (χ0n) is 14.7. The summed E-state index contributed by atoms with van der Waals surface area (Å²) in [5, 5.41) is 5.85. The molecule has 2 rings (SSSR count). The van der Waals surface area contributed by atoms with Crippen LogP contribution in [0.25, 0.3) is 0 Å². The lowest BCUT2D eigenvalue weighted by molar-refractivity contribution is -0.123. The Kier molecular flexibility index (Phi) is 6.04. The molecule has 0 saturated carbocycles. The summed E-state index contributed by atoms with van der Waals surface area (Å²) in [6, 6.07) is 9.11. The smallest absolute Gasteiger partial charge is 0.233 e. The van der Waals surface area contributed by atoms with Crippen LogP contribution in [-0.2, 0) is 9.59 Å². The molecule has 0 atom stereocenters. The molecule has 25 heavy (non-hydrogen) atoms. The number of carbonyl (C=O) groups excluding carboxylic acids is 2. The number of aryl methyl sites for hydroxylation is 3. The zero-order valence-corrected chi connectivity index (χ0v) is 15.5. The third-order valence-corrected chi connectivity index (χ3v) is 3.94. The van der Waals surface area contributed by atoms with Crippen molar-refractivity contribution >= 4 is 34.8 Å². The minimum absolute atomic E-state index is 0.319. The molecule has 2 amide bonds. The summed E-state index contributed by atoms with van der Waals surface area (Å²) in [6.45, 7) is 5.68. The van der Waals surface area contributed by atoms with E-state index in [0.29, 0.717) is 22.1 Å². The number of hydrogen-bond donors (Lipinski definition) is 2. The fourth-order valence-electron chi connectivity index (χ4n) is 2.52. The highest BCUT2D eigenvalue weighted by molar-refractivity contribution is 6.34. The molecular formula is C19H21ClN2O3. The molecule has 0 radical (unpaired) electrons. The van der Waals surface area contributed by atoms with Gasteiger partial charge in [0.05, 0.1) is 23.5 Å². The Morgan fingerprint density at radius 1 is 1.00 bits per heavy atom. The first-order valence-electron chi connectivity index (χ1n) is 7.81. The first-order chi connectivity index (χ1) is 11.8. The normalized spacial score (nSPS) is 10.3. The lowest BCUT2D eigenvalue weighted by atomic mass is 10.1. The second-order valence-electron chi connectivity index (χ2n) is 5.92. The van der Waals surface area contributed by atoms with E-state index in [9.17, 15) is 9.59 Å². The van der Waals surface area contributed by atoms with Gasteiger partial charge in [-0.05, 0) is 55.7 Å². The van der Waals surface area contributed by atoms with Crippen LogP contribution in [0.2, 0.25) is 5.02 Å². The summed E-state index contributed by atoms with van der Waals surface area (Å²) in [7, 11) is 1.52. The molecule has 0 aliphatic heterocycles. The molecule has 2 aromatic rings. The van der Waals surface area contributed by atoms with Crippen molar-refractivity contribution in [1.82, 2.24) is 0 Å². The van der Waals surface area contributed by atoms with Crippen molar-refractivity contribution < 1.29 is 14.3 Å². The molecule has 0 unspecified atom stereocenters. The quantitative estimate of drug-likeness (QED) is 0.783. The third-order valence-electron chi connectivity index (χ3n) is 3.65. The van der Waals surface area contributed by atoms with E-state index >= 15 is 0 Å². The number of nitrogens with one attached hydrogen (secondary N) is 2. The Bertz CT molecular complexity index is 795. The average Bonchev–Trinajstić information content (AvgIpc) is 2.51. The number of benzene rings is 2. The van der Waals surface area contributed by atoms with Crippen LogP contribution in [0.1, 0.15) is 23.1 Å². The van der Waals surface area contributed by atoms with Crippen molar-refractivity contribution in [2.45, 2.75) is 27.2 Å². The topological polar surface area (TPSA) is 67.4 Å². The third kappa shape index (κ3) is 4.97. The Morgan fingerprint density at radius 2 is 1.68 bits per heavy atom. The Morgan fingerprint density at radius 3 is 2.32 bits per heavy atom. The molecular weight excluding hydrogens is 340 g/mol. The van der Waals surface area contributed by atoms with Crippen LogP contribution in [0.15, 0.2) is 30.3 Å². The molecule has 0 heterocycles. The van der Waals surface area contributed by atoms with Crippen molar-refractivity contribution in [2.24, 2.45) is 0 Å². The molecule has 0 aromatic heterocycles. The number of halogens is 1. The molecule has 2 N–H and O–H groups in total. The summed E-state index contributed by atoms with van der Waals surface area (Å²) in [5.74, 6) is -0.322. The number of anilines is 2. The highest BCUT2D eigenvalue weighted by Gasteiger charge is 2.15. The van der Waals surface area contributed by atoms with E-state index in [1.54, 1.807) is 18.2 Å². The molecule has 2 aromatic carbocycles. The van der Waals surface area contributed by atoms with E-state index < -0.39 is 11.8 Å². The van der Waals surface area contributed by atoms with Gasteiger partial charge < -0.3 is 15.4 Å². The van der Waals surface area contributed by atoms with Crippen LogP contribution in [0.4, 0.5) is 11.4 Å². The van der Waals surface area contributed by atoms with E-state index in [0.717, 1.165) is 16.7 Å². The second kappa shape index (κ2) is 8.03. The van der Waals surface area contributed by atoms with Gasteiger partial charge in [0.2, 0.25) is 11.8 Å². The monoisotopic (exact) mass is 360 g/mol. The summed E-state index contributed by atoms with van der Waals surface area (Å²) in [4.78, 5) is 24.3. The van der Waals surface area contributed by atoms with Gasteiger partial charge in [0.25, 0.3) is 0 Å². The van der Waals surface area contributed by atoms with Crippen molar-refractivity contribution in [3.63, 3.8) is 0 Å². The molecule has 6 heteroatoms. The van der Waals surface area contributed by atoms with Gasteiger partial charge in [-0.25, -0.2) is 0 Å². The van der Waals surface area contributed by atoms with Crippen LogP contribution >= 0.6 is 11.6 Å².